The first-order valence-corrected chi connectivity index (χ1v) is 10.5. The van der Waals surface area contributed by atoms with Crippen LogP contribution in [0.4, 0.5) is 15.8 Å². The third-order valence-electron chi connectivity index (χ3n) is 4.33. The summed E-state index contributed by atoms with van der Waals surface area (Å²) < 4.78 is 24.9. The molecule has 31 heavy (non-hydrogen) atoms. The molecule has 0 saturated carbocycles. The Morgan fingerprint density at radius 2 is 2.00 bits per heavy atom. The van der Waals surface area contributed by atoms with Gasteiger partial charge in [0.05, 0.1) is 23.3 Å². The highest BCUT2D eigenvalue weighted by molar-refractivity contribution is 8.01. The van der Waals surface area contributed by atoms with Crippen LogP contribution in [-0.4, -0.2) is 30.5 Å². The minimum absolute atomic E-state index is 0.125. The zero-order valence-electron chi connectivity index (χ0n) is 17.4. The Kier molecular flexibility index (Phi) is 5.64. The topological polar surface area (TPSA) is 97.4 Å². The van der Waals surface area contributed by atoms with Gasteiger partial charge in [-0.3, -0.25) is 9.20 Å². The van der Waals surface area contributed by atoms with Crippen molar-refractivity contribution in [3.8, 4) is 11.3 Å². The number of benzene rings is 1. The zero-order chi connectivity index (χ0) is 22.1. The van der Waals surface area contributed by atoms with Crippen molar-refractivity contribution in [2.75, 3.05) is 10.0 Å². The van der Waals surface area contributed by atoms with Crippen LogP contribution in [0.2, 0.25) is 0 Å². The molecule has 0 aliphatic carbocycles. The van der Waals surface area contributed by atoms with E-state index in [1.54, 1.807) is 42.6 Å². The molecule has 10 heteroatoms. The average molecular weight is 441 g/mol. The summed E-state index contributed by atoms with van der Waals surface area (Å²) in [6.07, 6.45) is 5.21. The van der Waals surface area contributed by atoms with Gasteiger partial charge >= 0.3 is 0 Å². The minimum atomic E-state index is -0.457. The number of imidazole rings is 1. The van der Waals surface area contributed by atoms with Crippen LogP contribution in [0.25, 0.3) is 17.0 Å². The van der Waals surface area contributed by atoms with E-state index in [2.05, 4.69) is 38.8 Å². The predicted octanol–water partition coefficient (Wildman–Crippen LogP) is 4.86. The van der Waals surface area contributed by atoms with Crippen molar-refractivity contribution in [1.82, 2.24) is 19.4 Å². The summed E-state index contributed by atoms with van der Waals surface area (Å²) in [4.78, 5) is 25.3. The van der Waals surface area contributed by atoms with Crippen molar-refractivity contribution < 1.29 is 13.6 Å². The quantitative estimate of drug-likeness (QED) is 0.413. The fourth-order valence-electron chi connectivity index (χ4n) is 2.98. The Morgan fingerprint density at radius 1 is 1.19 bits per heavy atom. The lowest BCUT2D eigenvalue weighted by Crippen LogP contribution is -2.12. The Hall–Kier alpha value is -3.40. The number of aryl methyl sites for hydroxylation is 2. The van der Waals surface area contributed by atoms with Gasteiger partial charge < -0.3 is 14.5 Å². The monoisotopic (exact) mass is 440 g/mol. The summed E-state index contributed by atoms with van der Waals surface area (Å²) in [6, 6.07) is 4.29. The second kappa shape index (κ2) is 8.38. The number of carbonyl (C=O) groups excluding carboxylic acids is 1. The highest BCUT2D eigenvalue weighted by atomic mass is 32.2. The first-order valence-electron chi connectivity index (χ1n) is 9.62. The third-order valence-corrected chi connectivity index (χ3v) is 5.16. The Bertz CT molecular complexity index is 1270. The molecule has 0 aliphatic rings. The number of rotatable bonds is 6. The molecule has 0 aliphatic heterocycles. The van der Waals surface area contributed by atoms with Crippen LogP contribution in [-0.2, 0) is 0 Å². The minimum Gasteiger partial charge on any atom is -0.436 e. The van der Waals surface area contributed by atoms with Gasteiger partial charge in [0, 0.05) is 35.8 Å². The number of hydrogen-bond donors (Lipinski definition) is 2. The van der Waals surface area contributed by atoms with Gasteiger partial charge in [-0.1, -0.05) is 13.8 Å². The number of amides is 1. The van der Waals surface area contributed by atoms with E-state index in [-0.39, 0.29) is 11.3 Å². The Morgan fingerprint density at radius 3 is 2.71 bits per heavy atom. The molecule has 160 valence electrons. The number of fused-ring (bicyclic) bond motifs is 1. The molecule has 1 amide bonds. The van der Waals surface area contributed by atoms with E-state index in [1.807, 2.05) is 6.20 Å². The maximum absolute atomic E-state index is 14.6. The largest absolute Gasteiger partial charge is 0.436 e. The van der Waals surface area contributed by atoms with E-state index < -0.39 is 11.7 Å². The van der Waals surface area contributed by atoms with E-state index in [9.17, 15) is 9.18 Å². The predicted molar refractivity (Wildman–Crippen MR) is 119 cm³/mol. The van der Waals surface area contributed by atoms with Crippen molar-refractivity contribution in [3.05, 3.63) is 60.0 Å². The number of aromatic nitrogens is 4. The average Bonchev–Trinajstić information content (AvgIpc) is 3.29. The number of nitrogens with zero attached hydrogens (tertiary/aromatic N) is 4. The summed E-state index contributed by atoms with van der Waals surface area (Å²) >= 11 is 1.57. The lowest BCUT2D eigenvalue weighted by molar-refractivity contribution is 0.0994. The first-order chi connectivity index (χ1) is 14.8. The van der Waals surface area contributed by atoms with Crippen molar-refractivity contribution in [1.29, 1.82) is 0 Å². The molecule has 3 aromatic heterocycles. The molecule has 0 fully saturated rings. The molecule has 0 unspecified atom stereocenters. The molecule has 0 spiro atoms. The van der Waals surface area contributed by atoms with Crippen LogP contribution in [0.5, 0.6) is 0 Å². The lowest BCUT2D eigenvalue weighted by Gasteiger charge is -2.07. The van der Waals surface area contributed by atoms with E-state index in [1.165, 1.54) is 18.2 Å². The van der Waals surface area contributed by atoms with E-state index in [0.29, 0.717) is 34.0 Å². The second-order valence-electron chi connectivity index (χ2n) is 7.24. The molecule has 0 atom stereocenters. The maximum Gasteiger partial charge on any atom is 0.293 e. The second-order valence-corrected chi connectivity index (χ2v) is 8.62. The van der Waals surface area contributed by atoms with Gasteiger partial charge in [-0.05, 0) is 37.1 Å². The molecule has 4 aromatic rings. The Balaban J connectivity index is 1.61. The standard InChI is InChI=1S/C21H21FN6O2S/c1-11(2)31-27-15-8-23-21-26-18(10-28(21)9-15)16-7-14(5-6-17(16)22)25-20(29)19-12(3)24-13(4)30-19/h5-11,27H,1-4H3,(H,25,29). The molecule has 3 heterocycles. The number of halogens is 1. The van der Waals surface area contributed by atoms with Gasteiger partial charge in [-0.2, -0.15) is 0 Å². The highest BCUT2D eigenvalue weighted by Gasteiger charge is 2.18. The van der Waals surface area contributed by atoms with Gasteiger partial charge in [0.2, 0.25) is 11.5 Å². The number of anilines is 2. The maximum atomic E-state index is 14.6. The first kappa shape index (κ1) is 20.9. The van der Waals surface area contributed by atoms with Gasteiger partial charge in [0.1, 0.15) is 5.82 Å². The van der Waals surface area contributed by atoms with Crippen LogP contribution in [0.1, 0.15) is 36.0 Å². The summed E-state index contributed by atoms with van der Waals surface area (Å²) in [5.41, 5.74) is 2.37. The van der Waals surface area contributed by atoms with Gasteiger partial charge in [0.25, 0.3) is 5.91 Å². The van der Waals surface area contributed by atoms with Gasteiger partial charge in [0.15, 0.2) is 5.89 Å². The summed E-state index contributed by atoms with van der Waals surface area (Å²) in [5, 5.41) is 3.13. The van der Waals surface area contributed by atoms with Crippen LogP contribution in [0.3, 0.4) is 0 Å². The smallest absolute Gasteiger partial charge is 0.293 e. The summed E-state index contributed by atoms with van der Waals surface area (Å²) in [6.45, 7) is 7.52. The van der Waals surface area contributed by atoms with Crippen LogP contribution in [0, 0.1) is 19.7 Å². The van der Waals surface area contributed by atoms with E-state index >= 15 is 0 Å². The fourth-order valence-corrected chi connectivity index (χ4v) is 3.46. The van der Waals surface area contributed by atoms with Gasteiger partial charge in [-0.15, -0.1) is 0 Å². The molecule has 8 nitrogen and oxygen atoms in total. The molecule has 0 radical (unpaired) electrons. The van der Waals surface area contributed by atoms with Gasteiger partial charge in [-0.25, -0.2) is 19.3 Å². The SMILES string of the molecule is Cc1nc(C)c(C(=O)Nc2ccc(F)c(-c3cn4cc(NSC(C)C)cnc4n3)c2)o1. The molecule has 4 rings (SSSR count). The molecule has 0 saturated heterocycles. The molecular weight excluding hydrogens is 419 g/mol. The van der Waals surface area contributed by atoms with E-state index in [0.717, 1.165) is 5.69 Å². The molecule has 0 bridgehead atoms. The van der Waals surface area contributed by atoms with Crippen molar-refractivity contribution in [2.24, 2.45) is 0 Å². The van der Waals surface area contributed by atoms with Crippen LogP contribution in [0.15, 0.2) is 41.2 Å². The fraction of sp³-hybridized carbons (Fsp3) is 0.238. The number of carbonyl (C=O) groups is 1. The summed E-state index contributed by atoms with van der Waals surface area (Å²) in [7, 11) is 0. The highest BCUT2D eigenvalue weighted by Crippen LogP contribution is 2.27. The molecular formula is C21H21FN6O2S. The number of nitrogens with one attached hydrogen (secondary N) is 2. The van der Waals surface area contributed by atoms with Crippen LogP contribution >= 0.6 is 11.9 Å². The number of hydrogen-bond acceptors (Lipinski definition) is 7. The third kappa shape index (κ3) is 4.53. The normalized spacial score (nSPS) is 11.3. The van der Waals surface area contributed by atoms with Crippen molar-refractivity contribution >= 4 is 35.0 Å². The van der Waals surface area contributed by atoms with E-state index in [4.69, 9.17) is 4.42 Å². The van der Waals surface area contributed by atoms with Crippen LogP contribution < -0.4 is 10.0 Å². The zero-order valence-corrected chi connectivity index (χ0v) is 18.2. The lowest BCUT2D eigenvalue weighted by atomic mass is 10.1. The van der Waals surface area contributed by atoms with Crippen molar-refractivity contribution in [3.63, 3.8) is 0 Å². The molecule has 2 N–H and O–H groups in total. The number of oxazole rings is 1. The Labute approximate surface area is 182 Å². The molecule has 1 aromatic carbocycles. The summed E-state index contributed by atoms with van der Waals surface area (Å²) in [5.74, 6) is 0.0594. The van der Waals surface area contributed by atoms with Crippen molar-refractivity contribution in [2.45, 2.75) is 32.9 Å².